The van der Waals surface area contributed by atoms with Gasteiger partial charge in [0.25, 0.3) is 0 Å². The molecule has 0 unspecified atom stereocenters. The molecule has 28 heavy (non-hydrogen) atoms. The predicted octanol–water partition coefficient (Wildman–Crippen LogP) is 2.28. The molecule has 0 amide bonds. The molecule has 4 rings (SSSR count). The van der Waals surface area contributed by atoms with E-state index in [1.54, 1.807) is 10.5 Å². The van der Waals surface area contributed by atoms with Crippen LogP contribution in [0, 0.1) is 0 Å². The lowest BCUT2D eigenvalue weighted by Gasteiger charge is -2.33. The molecule has 3 aromatic rings. The van der Waals surface area contributed by atoms with E-state index >= 15 is 0 Å². The Hall–Kier alpha value is -2.29. The van der Waals surface area contributed by atoms with Crippen molar-refractivity contribution >= 4 is 21.2 Å². The average molecular weight is 400 g/mol. The van der Waals surface area contributed by atoms with E-state index in [1.165, 1.54) is 0 Å². The molecule has 1 aliphatic rings. The third kappa shape index (κ3) is 3.80. The van der Waals surface area contributed by atoms with Crippen LogP contribution in [0.1, 0.15) is 19.2 Å². The first-order valence-electron chi connectivity index (χ1n) is 9.66. The van der Waals surface area contributed by atoms with E-state index < -0.39 is 10.0 Å². The van der Waals surface area contributed by atoms with Gasteiger partial charge in [-0.3, -0.25) is 9.47 Å². The fourth-order valence-electron chi connectivity index (χ4n) is 3.67. The molecule has 1 fully saturated rings. The van der Waals surface area contributed by atoms with Crippen LogP contribution in [0.5, 0.6) is 0 Å². The molecule has 0 bridgehead atoms. The Morgan fingerprint density at radius 3 is 2.46 bits per heavy atom. The first-order chi connectivity index (χ1) is 13.6. The van der Waals surface area contributed by atoms with Crippen molar-refractivity contribution in [1.29, 1.82) is 0 Å². The number of nitrogens with zero attached hydrogens (tertiary/aromatic N) is 5. The molecule has 0 radical (unpaired) electrons. The first-order valence-corrected chi connectivity index (χ1v) is 11.3. The monoisotopic (exact) mass is 399 g/mol. The number of hydrogen-bond donors (Lipinski definition) is 0. The highest BCUT2D eigenvalue weighted by Gasteiger charge is 2.27. The lowest BCUT2D eigenvalue weighted by Crippen LogP contribution is -2.49. The van der Waals surface area contributed by atoms with E-state index in [4.69, 9.17) is 4.98 Å². The molecule has 3 heterocycles. The van der Waals surface area contributed by atoms with Gasteiger partial charge in [0, 0.05) is 38.1 Å². The van der Waals surface area contributed by atoms with Crippen LogP contribution in [-0.2, 0) is 16.6 Å². The summed E-state index contributed by atoms with van der Waals surface area (Å²) in [5.74, 6) is 1.15. The number of sulfonamides is 1. The number of imidazole rings is 1. The Bertz CT molecular complexity index is 1040. The quantitative estimate of drug-likeness (QED) is 0.636. The Morgan fingerprint density at radius 2 is 1.75 bits per heavy atom. The average Bonchev–Trinajstić information content (AvgIpc) is 3.07. The lowest BCUT2D eigenvalue weighted by atomic mass is 10.3. The minimum atomic E-state index is -3.13. The van der Waals surface area contributed by atoms with E-state index in [0.717, 1.165) is 22.7 Å². The molecule has 7 nitrogen and oxygen atoms in total. The van der Waals surface area contributed by atoms with Gasteiger partial charge in [0.1, 0.15) is 11.3 Å². The van der Waals surface area contributed by atoms with E-state index in [9.17, 15) is 8.42 Å². The largest absolute Gasteiger partial charge is 0.293 e. The van der Waals surface area contributed by atoms with Crippen molar-refractivity contribution in [3.05, 3.63) is 54.5 Å². The minimum Gasteiger partial charge on any atom is -0.293 e. The number of para-hydroxylation sites is 1. The normalized spacial score (nSPS) is 16.6. The SMILES string of the molecule is CCCS(=O)(=O)N1CCN(Cc2nc3cccnc3n2-c2ccccc2)CC1. The van der Waals surface area contributed by atoms with Crippen molar-refractivity contribution in [2.24, 2.45) is 0 Å². The summed E-state index contributed by atoms with van der Waals surface area (Å²) < 4.78 is 28.3. The van der Waals surface area contributed by atoms with Gasteiger partial charge in [-0.2, -0.15) is 4.31 Å². The van der Waals surface area contributed by atoms with Crippen molar-refractivity contribution in [2.45, 2.75) is 19.9 Å². The molecule has 0 aliphatic carbocycles. The van der Waals surface area contributed by atoms with Crippen LogP contribution >= 0.6 is 0 Å². The molecule has 8 heteroatoms. The maximum absolute atomic E-state index is 12.3. The van der Waals surface area contributed by atoms with E-state index in [1.807, 2.05) is 37.3 Å². The molecule has 148 valence electrons. The zero-order chi connectivity index (χ0) is 19.6. The van der Waals surface area contributed by atoms with E-state index in [-0.39, 0.29) is 5.75 Å². The summed E-state index contributed by atoms with van der Waals surface area (Å²) in [5.41, 5.74) is 2.74. The fraction of sp³-hybridized carbons (Fsp3) is 0.400. The summed E-state index contributed by atoms with van der Waals surface area (Å²) in [6.07, 6.45) is 2.43. The van der Waals surface area contributed by atoms with E-state index in [2.05, 4.69) is 26.6 Å². The predicted molar refractivity (Wildman–Crippen MR) is 110 cm³/mol. The summed E-state index contributed by atoms with van der Waals surface area (Å²) in [7, 11) is -3.13. The van der Waals surface area contributed by atoms with Crippen molar-refractivity contribution in [1.82, 2.24) is 23.7 Å². The summed E-state index contributed by atoms with van der Waals surface area (Å²) in [6, 6.07) is 14.0. The van der Waals surface area contributed by atoms with Gasteiger partial charge in [0.15, 0.2) is 5.65 Å². The van der Waals surface area contributed by atoms with Gasteiger partial charge in [-0.25, -0.2) is 18.4 Å². The number of hydrogen-bond acceptors (Lipinski definition) is 5. The highest BCUT2D eigenvalue weighted by Crippen LogP contribution is 2.21. The zero-order valence-electron chi connectivity index (χ0n) is 16.0. The molecule has 0 atom stereocenters. The third-order valence-corrected chi connectivity index (χ3v) is 7.13. The van der Waals surface area contributed by atoms with Crippen LogP contribution < -0.4 is 0 Å². The van der Waals surface area contributed by atoms with Crippen molar-refractivity contribution < 1.29 is 8.42 Å². The molecule has 1 aliphatic heterocycles. The molecule has 1 saturated heterocycles. The van der Waals surface area contributed by atoms with Gasteiger partial charge < -0.3 is 0 Å². The number of fused-ring (bicyclic) bond motifs is 1. The summed E-state index contributed by atoms with van der Waals surface area (Å²) in [6.45, 7) is 5.03. The van der Waals surface area contributed by atoms with E-state index in [0.29, 0.717) is 39.1 Å². The van der Waals surface area contributed by atoms with Gasteiger partial charge in [-0.15, -0.1) is 0 Å². The highest BCUT2D eigenvalue weighted by atomic mass is 32.2. The van der Waals surface area contributed by atoms with Gasteiger partial charge in [-0.05, 0) is 30.7 Å². The maximum Gasteiger partial charge on any atom is 0.214 e. The van der Waals surface area contributed by atoms with Gasteiger partial charge in [-0.1, -0.05) is 25.1 Å². The van der Waals surface area contributed by atoms with Crippen LogP contribution in [0.2, 0.25) is 0 Å². The maximum atomic E-state index is 12.3. The minimum absolute atomic E-state index is 0.225. The topological polar surface area (TPSA) is 71.3 Å². The Morgan fingerprint density at radius 1 is 1.00 bits per heavy atom. The van der Waals surface area contributed by atoms with Crippen molar-refractivity contribution in [2.75, 3.05) is 31.9 Å². The molecular weight excluding hydrogens is 374 g/mol. The number of pyridine rings is 1. The van der Waals surface area contributed by atoms with Gasteiger partial charge >= 0.3 is 0 Å². The number of aromatic nitrogens is 3. The Kier molecular flexibility index (Phi) is 5.43. The number of benzene rings is 1. The summed E-state index contributed by atoms with van der Waals surface area (Å²) >= 11 is 0. The van der Waals surface area contributed by atoms with Crippen LogP contribution in [-0.4, -0.2) is 64.1 Å². The molecular formula is C20H25N5O2S. The third-order valence-electron chi connectivity index (χ3n) is 5.05. The summed E-state index contributed by atoms with van der Waals surface area (Å²) in [4.78, 5) is 11.6. The second-order valence-electron chi connectivity index (χ2n) is 7.04. The molecule has 0 saturated carbocycles. The Labute approximate surface area is 165 Å². The highest BCUT2D eigenvalue weighted by molar-refractivity contribution is 7.89. The molecule has 0 N–H and O–H groups in total. The van der Waals surface area contributed by atoms with Crippen molar-refractivity contribution in [3.8, 4) is 5.69 Å². The fourth-order valence-corrected chi connectivity index (χ4v) is 5.16. The van der Waals surface area contributed by atoms with Gasteiger partial charge in [0.05, 0.1) is 12.3 Å². The number of piperazine rings is 1. The first kappa shape index (κ1) is 19.0. The smallest absolute Gasteiger partial charge is 0.214 e. The second-order valence-corrected chi connectivity index (χ2v) is 9.12. The molecule has 1 aromatic carbocycles. The number of rotatable bonds is 6. The zero-order valence-corrected chi connectivity index (χ0v) is 16.8. The van der Waals surface area contributed by atoms with Crippen molar-refractivity contribution in [3.63, 3.8) is 0 Å². The van der Waals surface area contributed by atoms with Crippen LogP contribution in [0.15, 0.2) is 48.7 Å². The molecule has 0 spiro atoms. The second kappa shape index (κ2) is 7.98. The lowest BCUT2D eigenvalue weighted by molar-refractivity contribution is 0.177. The van der Waals surface area contributed by atoms with Crippen LogP contribution in [0.3, 0.4) is 0 Å². The van der Waals surface area contributed by atoms with Crippen LogP contribution in [0.25, 0.3) is 16.9 Å². The molecule has 2 aromatic heterocycles. The standard InChI is InChI=1S/C20H25N5O2S/c1-2-15-28(26,27)24-13-11-23(12-14-24)16-19-22-18-9-6-10-21-20(18)25(19)17-7-4-3-5-8-17/h3-10H,2,11-16H2,1H3. The summed E-state index contributed by atoms with van der Waals surface area (Å²) in [5, 5.41) is 0. The Balaban J connectivity index is 1.56. The van der Waals surface area contributed by atoms with Gasteiger partial charge in [0.2, 0.25) is 10.0 Å². The van der Waals surface area contributed by atoms with Crippen LogP contribution in [0.4, 0.5) is 0 Å².